The molecular formula is C32H25Cl2N3O3. The highest BCUT2D eigenvalue weighted by Gasteiger charge is 2.43. The van der Waals surface area contributed by atoms with Crippen LogP contribution in [0.2, 0.25) is 10.0 Å². The van der Waals surface area contributed by atoms with Crippen molar-refractivity contribution in [2.24, 2.45) is 0 Å². The number of ether oxygens (including phenoxy) is 1. The fourth-order valence-corrected chi connectivity index (χ4v) is 5.45. The van der Waals surface area contributed by atoms with Crippen LogP contribution in [0.15, 0.2) is 91.0 Å². The van der Waals surface area contributed by atoms with Gasteiger partial charge in [0.2, 0.25) is 0 Å². The van der Waals surface area contributed by atoms with Gasteiger partial charge in [0.05, 0.1) is 6.04 Å². The minimum Gasteiger partial charge on any atom is -0.507 e. The van der Waals surface area contributed by atoms with Crippen molar-refractivity contribution in [3.8, 4) is 22.8 Å². The zero-order valence-corrected chi connectivity index (χ0v) is 23.1. The van der Waals surface area contributed by atoms with Crippen molar-refractivity contribution >= 4 is 29.1 Å². The highest BCUT2D eigenvalue weighted by Crippen LogP contribution is 2.46. The van der Waals surface area contributed by atoms with Crippen LogP contribution in [0, 0.1) is 6.92 Å². The summed E-state index contributed by atoms with van der Waals surface area (Å²) in [5.74, 6) is 0.491. The number of hydrogen-bond acceptors (Lipinski definition) is 4. The van der Waals surface area contributed by atoms with Gasteiger partial charge in [-0.3, -0.25) is 9.89 Å². The smallest absolute Gasteiger partial charge is 0.273 e. The molecule has 2 heterocycles. The van der Waals surface area contributed by atoms with Crippen LogP contribution in [0.3, 0.4) is 0 Å². The molecule has 0 radical (unpaired) electrons. The number of amides is 1. The number of phenolic OH excluding ortho intramolecular Hbond substituents is 1. The number of phenols is 1. The van der Waals surface area contributed by atoms with Gasteiger partial charge in [0.15, 0.2) is 0 Å². The van der Waals surface area contributed by atoms with Gasteiger partial charge in [-0.2, -0.15) is 5.10 Å². The fourth-order valence-electron chi connectivity index (χ4n) is 5.09. The maximum absolute atomic E-state index is 13.8. The molecule has 5 aromatic rings. The van der Waals surface area contributed by atoms with Gasteiger partial charge in [-0.25, -0.2) is 0 Å². The maximum Gasteiger partial charge on any atom is 0.273 e. The van der Waals surface area contributed by atoms with Gasteiger partial charge in [-0.15, -0.1) is 0 Å². The highest BCUT2D eigenvalue weighted by atomic mass is 35.5. The second-order valence-corrected chi connectivity index (χ2v) is 10.6. The number of H-pyrrole nitrogens is 1. The van der Waals surface area contributed by atoms with Gasteiger partial charge in [0, 0.05) is 27.7 Å². The average molecular weight is 570 g/mol. The van der Waals surface area contributed by atoms with E-state index in [4.69, 9.17) is 27.9 Å². The molecule has 1 amide bonds. The molecule has 0 fully saturated rings. The van der Waals surface area contributed by atoms with E-state index in [2.05, 4.69) is 10.2 Å². The third-order valence-corrected chi connectivity index (χ3v) is 7.89. The number of aromatic hydroxyl groups is 1. The molecule has 1 atom stereocenters. The van der Waals surface area contributed by atoms with Crippen molar-refractivity contribution in [1.82, 2.24) is 15.1 Å². The molecule has 40 heavy (non-hydrogen) atoms. The number of carbonyl (C=O) groups excluding carboxylic acids is 1. The van der Waals surface area contributed by atoms with Crippen molar-refractivity contribution in [2.45, 2.75) is 26.1 Å². The number of aromatic amines is 1. The zero-order chi connectivity index (χ0) is 27.8. The summed E-state index contributed by atoms with van der Waals surface area (Å²) >= 11 is 12.9. The Bertz CT molecular complexity index is 1720. The third-order valence-electron chi connectivity index (χ3n) is 7.12. The first-order chi connectivity index (χ1) is 19.4. The molecule has 0 aliphatic carbocycles. The predicted molar refractivity (Wildman–Crippen MR) is 156 cm³/mol. The van der Waals surface area contributed by atoms with E-state index in [0.717, 1.165) is 22.3 Å². The summed E-state index contributed by atoms with van der Waals surface area (Å²) in [6.07, 6.45) is 0. The number of fused-ring (bicyclic) bond motifs is 1. The van der Waals surface area contributed by atoms with E-state index in [0.29, 0.717) is 44.9 Å². The predicted octanol–water partition coefficient (Wildman–Crippen LogP) is 7.72. The van der Waals surface area contributed by atoms with E-state index >= 15 is 0 Å². The second kappa shape index (κ2) is 10.7. The van der Waals surface area contributed by atoms with Crippen LogP contribution in [0.1, 0.15) is 44.3 Å². The monoisotopic (exact) mass is 569 g/mol. The van der Waals surface area contributed by atoms with Crippen LogP contribution < -0.4 is 4.74 Å². The van der Waals surface area contributed by atoms with Gasteiger partial charge < -0.3 is 14.7 Å². The molecule has 1 aliphatic heterocycles. The minimum absolute atomic E-state index is 0.0342. The van der Waals surface area contributed by atoms with Gasteiger partial charge in [-0.1, -0.05) is 83.9 Å². The molecule has 8 heteroatoms. The highest BCUT2D eigenvalue weighted by molar-refractivity contribution is 6.32. The Morgan fingerprint density at radius 3 is 2.52 bits per heavy atom. The van der Waals surface area contributed by atoms with Crippen molar-refractivity contribution in [3.05, 3.63) is 135 Å². The Kier molecular flexibility index (Phi) is 6.96. The molecule has 4 aromatic carbocycles. The van der Waals surface area contributed by atoms with Crippen LogP contribution in [-0.4, -0.2) is 26.1 Å². The molecule has 200 valence electrons. The van der Waals surface area contributed by atoms with Crippen LogP contribution in [0.5, 0.6) is 11.5 Å². The third kappa shape index (κ3) is 4.81. The number of nitrogens with one attached hydrogen (secondary N) is 1. The van der Waals surface area contributed by atoms with E-state index < -0.39 is 6.04 Å². The molecule has 0 saturated heterocycles. The summed E-state index contributed by atoms with van der Waals surface area (Å²) in [6.45, 7) is 2.51. The molecule has 1 aromatic heterocycles. The molecule has 2 N–H and O–H groups in total. The minimum atomic E-state index is -0.521. The van der Waals surface area contributed by atoms with E-state index in [9.17, 15) is 9.90 Å². The van der Waals surface area contributed by atoms with Crippen LogP contribution in [-0.2, 0) is 13.2 Å². The lowest BCUT2D eigenvalue weighted by atomic mass is 9.95. The summed E-state index contributed by atoms with van der Waals surface area (Å²) in [6, 6.07) is 27.9. The van der Waals surface area contributed by atoms with Crippen LogP contribution >= 0.6 is 23.2 Å². The van der Waals surface area contributed by atoms with Gasteiger partial charge >= 0.3 is 0 Å². The number of halogens is 2. The van der Waals surface area contributed by atoms with Gasteiger partial charge in [-0.05, 0) is 59.5 Å². The Balaban J connectivity index is 1.45. The lowest BCUT2D eigenvalue weighted by molar-refractivity contribution is 0.0730. The van der Waals surface area contributed by atoms with Crippen LogP contribution in [0.25, 0.3) is 11.3 Å². The quantitative estimate of drug-likeness (QED) is 0.210. The molecule has 1 unspecified atom stereocenters. The summed E-state index contributed by atoms with van der Waals surface area (Å²) in [5.41, 5.74) is 5.38. The average Bonchev–Trinajstić information content (AvgIpc) is 3.50. The summed E-state index contributed by atoms with van der Waals surface area (Å²) in [4.78, 5) is 15.6. The maximum atomic E-state index is 13.8. The molecule has 1 aliphatic rings. The molecule has 0 bridgehead atoms. The SMILES string of the molecule is Cc1cc(O)c(-c2n[nH]c3c2C(c2cccc(OCc4ccccc4)c2)N(Cc2ccccc2Cl)C3=O)cc1Cl. The second-order valence-electron chi connectivity index (χ2n) is 9.75. The number of aryl methyl sites for hydroxylation is 1. The summed E-state index contributed by atoms with van der Waals surface area (Å²) in [5, 5.41) is 19.3. The number of aromatic nitrogens is 2. The number of nitrogens with zero attached hydrogens (tertiary/aromatic N) is 2. The first-order valence-corrected chi connectivity index (χ1v) is 13.5. The van der Waals surface area contributed by atoms with Crippen molar-refractivity contribution in [1.29, 1.82) is 0 Å². The number of rotatable bonds is 7. The first kappa shape index (κ1) is 26.0. The normalized spacial score (nSPS) is 14.4. The Labute approximate surface area is 241 Å². The zero-order valence-electron chi connectivity index (χ0n) is 21.6. The van der Waals surface area contributed by atoms with E-state index in [1.165, 1.54) is 0 Å². The molecular weight excluding hydrogens is 545 g/mol. The standard InChI is InChI=1S/C32H25Cl2N3O3/c1-19-14-27(38)24(16-26(19)34)29-28-30(36-35-29)32(39)37(17-22-10-5-6-13-25(22)33)31(28)21-11-7-12-23(15-21)40-18-20-8-3-2-4-9-20/h2-16,31,38H,17-18H2,1H3,(H,35,36). The molecule has 0 saturated carbocycles. The number of carbonyl (C=O) groups is 1. The molecule has 0 spiro atoms. The Morgan fingerprint density at radius 1 is 0.950 bits per heavy atom. The van der Waals surface area contributed by atoms with E-state index in [1.54, 1.807) is 17.0 Å². The first-order valence-electron chi connectivity index (χ1n) is 12.8. The summed E-state index contributed by atoms with van der Waals surface area (Å²) in [7, 11) is 0. The van der Waals surface area contributed by atoms with Crippen molar-refractivity contribution in [3.63, 3.8) is 0 Å². The fraction of sp³-hybridized carbons (Fsp3) is 0.125. The topological polar surface area (TPSA) is 78.5 Å². The van der Waals surface area contributed by atoms with E-state index in [-0.39, 0.29) is 18.2 Å². The number of hydrogen-bond donors (Lipinski definition) is 2. The van der Waals surface area contributed by atoms with E-state index in [1.807, 2.05) is 85.8 Å². The molecule has 6 nitrogen and oxygen atoms in total. The largest absolute Gasteiger partial charge is 0.507 e. The summed E-state index contributed by atoms with van der Waals surface area (Å²) < 4.78 is 6.12. The van der Waals surface area contributed by atoms with Crippen molar-refractivity contribution in [2.75, 3.05) is 0 Å². The Hall–Kier alpha value is -4.26. The number of benzene rings is 4. The molecule has 6 rings (SSSR count). The van der Waals surface area contributed by atoms with Gasteiger partial charge in [0.1, 0.15) is 29.5 Å². The Morgan fingerprint density at radius 2 is 1.73 bits per heavy atom. The lowest BCUT2D eigenvalue weighted by Gasteiger charge is -2.27. The van der Waals surface area contributed by atoms with Gasteiger partial charge in [0.25, 0.3) is 5.91 Å². The van der Waals surface area contributed by atoms with Crippen molar-refractivity contribution < 1.29 is 14.6 Å². The van der Waals surface area contributed by atoms with Crippen LogP contribution in [0.4, 0.5) is 0 Å². The lowest BCUT2D eigenvalue weighted by Crippen LogP contribution is -2.29.